The molecule has 0 rings (SSSR count). The highest BCUT2D eigenvalue weighted by atomic mass is 32.1. The second kappa shape index (κ2) is 5.59. The van der Waals surface area contributed by atoms with Crippen LogP contribution >= 0.6 is 12.6 Å². The first-order valence-corrected chi connectivity index (χ1v) is 8.98. The molecule has 0 aromatic carbocycles. The Balaban J connectivity index is 5.01. The van der Waals surface area contributed by atoms with Crippen molar-refractivity contribution in [1.82, 2.24) is 0 Å². The molecule has 4 heteroatoms. The highest BCUT2D eigenvalue weighted by Gasteiger charge is 2.45. The molecule has 0 amide bonds. The Morgan fingerprint density at radius 2 is 1.69 bits per heavy atom. The molecule has 0 saturated carbocycles. The molecule has 0 heterocycles. The standard InChI is InChI=1S/C12H30OSSi2/c1-8-12(14,11(6,7)13-15)16-10(4,5)9(2)3/h9,14H,8,16H2,1-7,15H3/t12-/m1/s1. The molecule has 0 saturated heterocycles. The van der Waals surface area contributed by atoms with Gasteiger partial charge in [-0.15, -0.1) is 0 Å². The summed E-state index contributed by atoms with van der Waals surface area (Å²) >= 11 is 5.03. The van der Waals surface area contributed by atoms with E-state index in [1.165, 1.54) is 0 Å². The van der Waals surface area contributed by atoms with Gasteiger partial charge in [0.2, 0.25) is 0 Å². The van der Waals surface area contributed by atoms with Crippen LogP contribution in [0, 0.1) is 5.92 Å². The van der Waals surface area contributed by atoms with Gasteiger partial charge in [0.15, 0.2) is 0 Å². The van der Waals surface area contributed by atoms with Crippen molar-refractivity contribution in [3.63, 3.8) is 0 Å². The fraction of sp³-hybridized carbons (Fsp3) is 1.00. The van der Waals surface area contributed by atoms with Crippen LogP contribution < -0.4 is 0 Å². The van der Waals surface area contributed by atoms with Crippen LogP contribution in [0.4, 0.5) is 0 Å². The normalized spacial score (nSPS) is 18.6. The van der Waals surface area contributed by atoms with Crippen LogP contribution in [0.25, 0.3) is 0 Å². The van der Waals surface area contributed by atoms with Gasteiger partial charge in [-0.2, -0.15) is 12.6 Å². The minimum Gasteiger partial charge on any atom is -0.422 e. The Morgan fingerprint density at radius 3 is 1.94 bits per heavy atom. The molecule has 98 valence electrons. The molecule has 0 fully saturated rings. The van der Waals surface area contributed by atoms with E-state index < -0.39 is 0 Å². The summed E-state index contributed by atoms with van der Waals surface area (Å²) in [6.45, 7) is 16.1. The zero-order valence-electron chi connectivity index (χ0n) is 12.3. The summed E-state index contributed by atoms with van der Waals surface area (Å²) in [7, 11) is 0.449. The van der Waals surface area contributed by atoms with Gasteiger partial charge in [-0.1, -0.05) is 34.6 Å². The number of rotatable bonds is 6. The Bertz CT molecular complexity index is 229. The highest BCUT2D eigenvalue weighted by Crippen LogP contribution is 2.43. The molecular formula is C12H30OSSi2. The maximum absolute atomic E-state index is 5.82. The van der Waals surface area contributed by atoms with E-state index in [0.717, 1.165) is 22.8 Å². The van der Waals surface area contributed by atoms with E-state index in [9.17, 15) is 0 Å². The van der Waals surface area contributed by atoms with Gasteiger partial charge in [-0.25, -0.2) is 0 Å². The van der Waals surface area contributed by atoms with Crippen molar-refractivity contribution in [1.29, 1.82) is 0 Å². The van der Waals surface area contributed by atoms with Gasteiger partial charge in [-0.05, 0) is 31.2 Å². The monoisotopic (exact) mass is 278 g/mol. The van der Waals surface area contributed by atoms with Crippen LogP contribution in [0.15, 0.2) is 0 Å². The number of hydrogen-bond donors (Lipinski definition) is 1. The van der Waals surface area contributed by atoms with Gasteiger partial charge in [-0.3, -0.25) is 0 Å². The average molecular weight is 279 g/mol. The third kappa shape index (κ3) is 3.62. The SMILES string of the molecule is CC[C@@](S)([SiH2]C(C)(C)C(C)C)C(C)(C)O[SiH3]. The highest BCUT2D eigenvalue weighted by molar-refractivity contribution is 7.83. The quantitative estimate of drug-likeness (QED) is 0.578. The molecule has 16 heavy (non-hydrogen) atoms. The lowest BCUT2D eigenvalue weighted by Crippen LogP contribution is -2.54. The smallest absolute Gasteiger partial charge is 0.146 e. The van der Waals surface area contributed by atoms with E-state index in [-0.39, 0.29) is 19.5 Å². The topological polar surface area (TPSA) is 9.23 Å². The van der Waals surface area contributed by atoms with E-state index in [0.29, 0.717) is 5.04 Å². The van der Waals surface area contributed by atoms with Crippen molar-refractivity contribution < 1.29 is 4.43 Å². The summed E-state index contributed by atoms with van der Waals surface area (Å²) in [5.41, 5.74) is -0.0739. The molecule has 0 aromatic heterocycles. The van der Waals surface area contributed by atoms with Gasteiger partial charge >= 0.3 is 0 Å². The van der Waals surface area contributed by atoms with Gasteiger partial charge in [0.1, 0.15) is 10.5 Å². The van der Waals surface area contributed by atoms with E-state index in [1.807, 2.05) is 0 Å². The van der Waals surface area contributed by atoms with Gasteiger partial charge < -0.3 is 4.43 Å². The minimum absolute atomic E-state index is 0.0739. The molecule has 0 bridgehead atoms. The summed E-state index contributed by atoms with van der Waals surface area (Å²) in [6, 6.07) is 0. The summed E-state index contributed by atoms with van der Waals surface area (Å²) < 4.78 is 5.92. The van der Waals surface area contributed by atoms with Crippen LogP contribution in [0.3, 0.4) is 0 Å². The predicted molar refractivity (Wildman–Crippen MR) is 84.5 cm³/mol. The van der Waals surface area contributed by atoms with Gasteiger partial charge in [0.05, 0.1) is 5.60 Å². The number of hydrogen-bond acceptors (Lipinski definition) is 2. The van der Waals surface area contributed by atoms with Crippen LogP contribution in [-0.2, 0) is 4.43 Å². The van der Waals surface area contributed by atoms with Crippen LogP contribution in [-0.4, -0.2) is 30.0 Å². The third-order valence-corrected chi connectivity index (χ3v) is 10.5. The molecule has 0 aliphatic rings. The van der Waals surface area contributed by atoms with Crippen molar-refractivity contribution in [3.8, 4) is 0 Å². The van der Waals surface area contributed by atoms with Crippen molar-refractivity contribution >= 4 is 32.6 Å². The van der Waals surface area contributed by atoms with Crippen LogP contribution in [0.2, 0.25) is 5.04 Å². The lowest BCUT2D eigenvalue weighted by molar-refractivity contribution is 0.101. The molecule has 0 N–H and O–H groups in total. The van der Waals surface area contributed by atoms with E-state index in [4.69, 9.17) is 17.1 Å². The molecule has 0 aliphatic heterocycles. The van der Waals surface area contributed by atoms with Crippen molar-refractivity contribution in [3.05, 3.63) is 0 Å². The first-order valence-electron chi connectivity index (χ1n) is 6.30. The Hall–Kier alpha value is 0.744. The van der Waals surface area contributed by atoms with E-state index in [2.05, 4.69) is 48.5 Å². The van der Waals surface area contributed by atoms with E-state index in [1.54, 1.807) is 0 Å². The molecule has 0 spiro atoms. The minimum atomic E-state index is -0.344. The first kappa shape index (κ1) is 16.7. The molecule has 1 atom stereocenters. The third-order valence-electron chi connectivity index (χ3n) is 4.53. The summed E-state index contributed by atoms with van der Waals surface area (Å²) in [5, 5.41) is 0.440. The average Bonchev–Trinajstić information content (AvgIpc) is 2.16. The molecule has 0 aliphatic carbocycles. The second-order valence-corrected chi connectivity index (χ2v) is 11.7. The molecule has 0 radical (unpaired) electrons. The lowest BCUT2D eigenvalue weighted by Gasteiger charge is -2.47. The van der Waals surface area contributed by atoms with Crippen molar-refractivity contribution in [2.24, 2.45) is 5.92 Å². The number of thiol groups is 1. The molecule has 1 nitrogen and oxygen atoms in total. The Kier molecular flexibility index (Phi) is 5.85. The maximum Gasteiger partial charge on any atom is 0.146 e. The molecule has 0 unspecified atom stereocenters. The second-order valence-electron chi connectivity index (χ2n) is 6.42. The Morgan fingerprint density at radius 1 is 1.25 bits per heavy atom. The largest absolute Gasteiger partial charge is 0.422 e. The fourth-order valence-corrected chi connectivity index (χ4v) is 6.81. The van der Waals surface area contributed by atoms with Crippen LogP contribution in [0.1, 0.15) is 54.9 Å². The van der Waals surface area contributed by atoms with E-state index >= 15 is 0 Å². The molecular weight excluding hydrogens is 248 g/mol. The first-order chi connectivity index (χ1) is 7.02. The fourth-order valence-electron chi connectivity index (χ4n) is 1.91. The van der Waals surface area contributed by atoms with Crippen molar-refractivity contribution in [2.75, 3.05) is 0 Å². The molecule has 0 aromatic rings. The zero-order chi connectivity index (χ0) is 13.2. The zero-order valence-corrected chi connectivity index (χ0v) is 16.7. The van der Waals surface area contributed by atoms with Gasteiger partial charge in [0.25, 0.3) is 0 Å². The predicted octanol–water partition coefficient (Wildman–Crippen LogP) is 2.12. The van der Waals surface area contributed by atoms with Gasteiger partial charge in [0, 0.05) is 13.9 Å². The summed E-state index contributed by atoms with van der Waals surface area (Å²) in [4.78, 5) is 0. The lowest BCUT2D eigenvalue weighted by atomic mass is 9.99. The Labute approximate surface area is 113 Å². The summed E-state index contributed by atoms with van der Waals surface area (Å²) in [5.74, 6) is 0.724. The van der Waals surface area contributed by atoms with Crippen LogP contribution in [0.5, 0.6) is 0 Å². The maximum atomic E-state index is 5.82. The van der Waals surface area contributed by atoms with Crippen molar-refractivity contribution in [2.45, 2.75) is 69.9 Å². The summed E-state index contributed by atoms with van der Waals surface area (Å²) in [6.07, 6.45) is 1.10.